The second kappa shape index (κ2) is 5.08. The fraction of sp³-hybridized carbons (Fsp3) is 1.00. The van der Waals surface area contributed by atoms with Gasteiger partial charge in [-0.05, 0) is 38.6 Å². The molecule has 1 saturated carbocycles. The summed E-state index contributed by atoms with van der Waals surface area (Å²) in [4.78, 5) is 2.42. The number of hydrogen-bond acceptors (Lipinski definition) is 1. The minimum Gasteiger partial charge on any atom is -0.302 e. The summed E-state index contributed by atoms with van der Waals surface area (Å²) in [6, 6.07) is 0.806. The van der Waals surface area contributed by atoms with E-state index in [1.54, 1.807) is 0 Å². The molecule has 0 N–H and O–H groups in total. The van der Waals surface area contributed by atoms with E-state index in [4.69, 9.17) is 11.6 Å². The maximum Gasteiger partial charge on any atom is 0.0351 e. The Bertz CT molecular complexity index is 119. The lowest BCUT2D eigenvalue weighted by Gasteiger charge is -2.33. The maximum atomic E-state index is 5.70. The van der Waals surface area contributed by atoms with Crippen LogP contribution in [0.4, 0.5) is 0 Å². The summed E-state index contributed by atoms with van der Waals surface area (Å²) in [6.45, 7) is 3.40. The molecule has 0 aromatic heterocycles. The van der Waals surface area contributed by atoms with Crippen molar-refractivity contribution in [3.05, 3.63) is 0 Å². The average molecular weight is 190 g/mol. The second-order valence-electron chi connectivity index (χ2n) is 4.08. The molecule has 1 aliphatic carbocycles. The van der Waals surface area contributed by atoms with Gasteiger partial charge in [0.1, 0.15) is 0 Å². The molecule has 0 atom stereocenters. The van der Waals surface area contributed by atoms with Crippen molar-refractivity contribution in [2.45, 2.75) is 38.6 Å². The van der Waals surface area contributed by atoms with Crippen molar-refractivity contribution >= 4 is 11.6 Å². The van der Waals surface area contributed by atoms with Crippen LogP contribution in [-0.4, -0.2) is 30.4 Å². The highest BCUT2D eigenvalue weighted by molar-refractivity contribution is 6.18. The Kier molecular flexibility index (Phi) is 4.38. The van der Waals surface area contributed by atoms with Crippen LogP contribution in [0.3, 0.4) is 0 Å². The van der Waals surface area contributed by atoms with Gasteiger partial charge >= 0.3 is 0 Å². The molecule has 0 spiro atoms. The molecule has 72 valence electrons. The molecule has 2 heteroatoms. The molecule has 0 aromatic carbocycles. The highest BCUT2D eigenvalue weighted by atomic mass is 35.5. The van der Waals surface area contributed by atoms with Gasteiger partial charge < -0.3 is 4.90 Å². The third kappa shape index (κ3) is 2.95. The normalized spacial score (nSPS) is 31.0. The molecule has 1 aliphatic rings. The molecule has 0 aromatic rings. The Labute approximate surface area is 81.1 Å². The fourth-order valence-corrected chi connectivity index (χ4v) is 2.27. The maximum absolute atomic E-state index is 5.70. The van der Waals surface area contributed by atoms with Crippen LogP contribution < -0.4 is 0 Å². The first-order valence-electron chi connectivity index (χ1n) is 5.00. The quantitative estimate of drug-likeness (QED) is 0.618. The van der Waals surface area contributed by atoms with Crippen LogP contribution in [-0.2, 0) is 0 Å². The van der Waals surface area contributed by atoms with Crippen molar-refractivity contribution in [3.63, 3.8) is 0 Å². The van der Waals surface area contributed by atoms with Crippen LogP contribution in [0.15, 0.2) is 0 Å². The van der Waals surface area contributed by atoms with Gasteiger partial charge in [-0.25, -0.2) is 0 Å². The van der Waals surface area contributed by atoms with Crippen LogP contribution in [0, 0.1) is 5.92 Å². The van der Waals surface area contributed by atoms with Crippen LogP contribution in [0.2, 0.25) is 0 Å². The van der Waals surface area contributed by atoms with Crippen molar-refractivity contribution in [2.24, 2.45) is 5.92 Å². The topological polar surface area (TPSA) is 3.24 Å². The van der Waals surface area contributed by atoms with Gasteiger partial charge in [-0.3, -0.25) is 0 Å². The molecule has 1 nitrogen and oxygen atoms in total. The molecule has 0 saturated heterocycles. The minimum atomic E-state index is 0.766. The fourth-order valence-electron chi connectivity index (χ4n) is 2.00. The zero-order valence-electron chi connectivity index (χ0n) is 8.22. The number of halogens is 1. The van der Waals surface area contributed by atoms with E-state index >= 15 is 0 Å². The smallest absolute Gasteiger partial charge is 0.0351 e. The summed E-state index contributed by atoms with van der Waals surface area (Å²) in [5, 5.41) is 0. The molecule has 0 bridgehead atoms. The largest absolute Gasteiger partial charge is 0.302 e. The lowest BCUT2D eigenvalue weighted by atomic mass is 9.87. The van der Waals surface area contributed by atoms with Crippen molar-refractivity contribution in [1.82, 2.24) is 4.90 Å². The van der Waals surface area contributed by atoms with E-state index in [0.717, 1.165) is 24.4 Å². The van der Waals surface area contributed by atoms with E-state index < -0.39 is 0 Å². The molecule has 0 unspecified atom stereocenters. The summed E-state index contributed by atoms with van der Waals surface area (Å²) in [6.07, 6.45) is 5.54. The van der Waals surface area contributed by atoms with Crippen molar-refractivity contribution < 1.29 is 0 Å². The van der Waals surface area contributed by atoms with Gasteiger partial charge in [-0.15, -0.1) is 11.6 Å². The number of nitrogens with zero attached hydrogens (tertiary/aromatic N) is 1. The number of alkyl halides is 1. The summed E-state index contributed by atoms with van der Waals surface area (Å²) < 4.78 is 0. The van der Waals surface area contributed by atoms with Gasteiger partial charge in [0.25, 0.3) is 0 Å². The van der Waals surface area contributed by atoms with E-state index in [1.165, 1.54) is 25.7 Å². The second-order valence-corrected chi connectivity index (χ2v) is 4.46. The van der Waals surface area contributed by atoms with Crippen molar-refractivity contribution in [1.29, 1.82) is 0 Å². The van der Waals surface area contributed by atoms with E-state index in [1.807, 2.05) is 0 Å². The summed E-state index contributed by atoms with van der Waals surface area (Å²) in [7, 11) is 2.20. The summed E-state index contributed by atoms with van der Waals surface area (Å²) in [5.41, 5.74) is 0. The molecule has 1 rings (SSSR count). The van der Waals surface area contributed by atoms with Crippen LogP contribution in [0.5, 0.6) is 0 Å². The highest BCUT2D eigenvalue weighted by Crippen LogP contribution is 2.26. The summed E-state index contributed by atoms with van der Waals surface area (Å²) in [5.74, 6) is 1.72. The third-order valence-corrected chi connectivity index (χ3v) is 3.21. The molecule has 0 amide bonds. The Morgan fingerprint density at radius 3 is 2.33 bits per heavy atom. The molecule has 0 aliphatic heterocycles. The zero-order chi connectivity index (χ0) is 8.97. The monoisotopic (exact) mass is 189 g/mol. The van der Waals surface area contributed by atoms with Gasteiger partial charge in [0.2, 0.25) is 0 Å². The Balaban J connectivity index is 2.24. The van der Waals surface area contributed by atoms with E-state index in [2.05, 4.69) is 18.9 Å². The average Bonchev–Trinajstić information content (AvgIpc) is 2.06. The van der Waals surface area contributed by atoms with Crippen molar-refractivity contribution in [3.8, 4) is 0 Å². The lowest BCUT2D eigenvalue weighted by molar-refractivity contribution is 0.178. The van der Waals surface area contributed by atoms with E-state index in [0.29, 0.717) is 0 Å². The molecule has 0 radical (unpaired) electrons. The number of rotatable bonds is 3. The molecule has 1 fully saturated rings. The first kappa shape index (κ1) is 10.3. The van der Waals surface area contributed by atoms with Gasteiger partial charge in [0.05, 0.1) is 0 Å². The third-order valence-electron chi connectivity index (χ3n) is 3.05. The Morgan fingerprint density at radius 2 is 1.83 bits per heavy atom. The van der Waals surface area contributed by atoms with Gasteiger partial charge in [-0.1, -0.05) is 6.92 Å². The summed E-state index contributed by atoms with van der Waals surface area (Å²) >= 11 is 5.70. The van der Waals surface area contributed by atoms with Crippen molar-refractivity contribution in [2.75, 3.05) is 19.5 Å². The van der Waals surface area contributed by atoms with Gasteiger partial charge in [-0.2, -0.15) is 0 Å². The molecule has 12 heavy (non-hydrogen) atoms. The zero-order valence-corrected chi connectivity index (χ0v) is 8.98. The molecular formula is C10H20ClN. The predicted octanol–water partition coefficient (Wildman–Crippen LogP) is 2.74. The van der Waals surface area contributed by atoms with E-state index in [-0.39, 0.29) is 0 Å². The lowest BCUT2D eigenvalue weighted by Crippen LogP contribution is -2.35. The van der Waals surface area contributed by atoms with Crippen LogP contribution >= 0.6 is 11.6 Å². The highest BCUT2D eigenvalue weighted by Gasteiger charge is 2.20. The first-order chi connectivity index (χ1) is 5.74. The SMILES string of the molecule is CC1CCC(N(C)CCCl)CC1. The Morgan fingerprint density at radius 1 is 1.25 bits per heavy atom. The van der Waals surface area contributed by atoms with E-state index in [9.17, 15) is 0 Å². The predicted molar refractivity (Wildman–Crippen MR) is 54.8 cm³/mol. The first-order valence-corrected chi connectivity index (χ1v) is 5.53. The van der Waals surface area contributed by atoms with Crippen LogP contribution in [0.25, 0.3) is 0 Å². The standard InChI is InChI=1S/C10H20ClN/c1-9-3-5-10(6-4-9)12(2)8-7-11/h9-10H,3-8H2,1-2H3. The molecular weight excluding hydrogens is 170 g/mol. The van der Waals surface area contributed by atoms with Gasteiger partial charge in [0.15, 0.2) is 0 Å². The minimum absolute atomic E-state index is 0.766. The molecule has 0 heterocycles. The van der Waals surface area contributed by atoms with Crippen LogP contribution in [0.1, 0.15) is 32.6 Å². The number of hydrogen-bond donors (Lipinski definition) is 0. The Hall–Kier alpha value is 0.250. The van der Waals surface area contributed by atoms with Gasteiger partial charge in [0, 0.05) is 18.5 Å².